The van der Waals surface area contributed by atoms with Gasteiger partial charge in [0.05, 0.1) is 18.9 Å². The second-order valence-corrected chi connectivity index (χ2v) is 4.59. The van der Waals surface area contributed by atoms with Gasteiger partial charge in [0.1, 0.15) is 11.5 Å². The first-order valence-electron chi connectivity index (χ1n) is 7.56. The molecule has 0 heterocycles. The number of benzene rings is 1. The molecule has 0 aromatic heterocycles. The van der Waals surface area contributed by atoms with E-state index in [0.717, 1.165) is 36.6 Å². The third-order valence-corrected chi connectivity index (χ3v) is 2.96. The average Bonchev–Trinajstić information content (AvgIpc) is 2.45. The SMILES string of the molecule is C=CCCCCCNc1cc(OCC)ccc1OCC. The number of ether oxygens (including phenoxy) is 2. The van der Waals surface area contributed by atoms with Crippen molar-refractivity contribution in [3.05, 3.63) is 30.9 Å². The minimum atomic E-state index is 0.669. The summed E-state index contributed by atoms with van der Waals surface area (Å²) in [4.78, 5) is 0. The minimum absolute atomic E-state index is 0.669. The zero-order valence-electron chi connectivity index (χ0n) is 12.8. The van der Waals surface area contributed by atoms with E-state index in [9.17, 15) is 0 Å². The molecule has 0 amide bonds. The Kier molecular flexibility index (Phi) is 8.36. The summed E-state index contributed by atoms with van der Waals surface area (Å²) >= 11 is 0. The van der Waals surface area contributed by atoms with Gasteiger partial charge in [0.2, 0.25) is 0 Å². The number of anilines is 1. The van der Waals surface area contributed by atoms with Crippen molar-refractivity contribution in [3.8, 4) is 11.5 Å². The Morgan fingerprint density at radius 3 is 2.60 bits per heavy atom. The summed E-state index contributed by atoms with van der Waals surface area (Å²) in [6.07, 6.45) is 6.66. The molecule has 0 saturated carbocycles. The Labute approximate surface area is 123 Å². The molecule has 0 saturated heterocycles. The molecule has 0 bridgehead atoms. The molecule has 1 rings (SSSR count). The van der Waals surface area contributed by atoms with Gasteiger partial charge in [-0.15, -0.1) is 6.58 Å². The molecule has 0 aliphatic rings. The summed E-state index contributed by atoms with van der Waals surface area (Å²) in [5, 5.41) is 3.44. The van der Waals surface area contributed by atoms with Crippen molar-refractivity contribution in [3.63, 3.8) is 0 Å². The molecule has 0 fully saturated rings. The maximum atomic E-state index is 5.63. The predicted octanol–water partition coefficient (Wildman–Crippen LogP) is 4.64. The van der Waals surface area contributed by atoms with Crippen LogP contribution in [0.5, 0.6) is 11.5 Å². The van der Waals surface area contributed by atoms with Crippen LogP contribution in [0.3, 0.4) is 0 Å². The molecule has 0 radical (unpaired) electrons. The fourth-order valence-electron chi connectivity index (χ4n) is 2.00. The van der Waals surface area contributed by atoms with E-state index in [2.05, 4.69) is 11.9 Å². The third kappa shape index (κ3) is 6.00. The monoisotopic (exact) mass is 277 g/mol. The first kappa shape index (κ1) is 16.4. The molecule has 0 aliphatic carbocycles. The van der Waals surface area contributed by atoms with E-state index in [4.69, 9.17) is 9.47 Å². The molecule has 0 unspecified atom stereocenters. The van der Waals surface area contributed by atoms with Crippen LogP contribution in [0.15, 0.2) is 30.9 Å². The lowest BCUT2D eigenvalue weighted by molar-refractivity contribution is 0.332. The van der Waals surface area contributed by atoms with Gasteiger partial charge < -0.3 is 14.8 Å². The molecule has 3 nitrogen and oxygen atoms in total. The first-order chi connectivity index (χ1) is 9.81. The Balaban J connectivity index is 2.51. The highest BCUT2D eigenvalue weighted by Gasteiger charge is 2.05. The van der Waals surface area contributed by atoms with Gasteiger partial charge in [-0.25, -0.2) is 0 Å². The fraction of sp³-hybridized carbons (Fsp3) is 0.529. The normalized spacial score (nSPS) is 10.1. The summed E-state index contributed by atoms with van der Waals surface area (Å²) in [6, 6.07) is 5.93. The van der Waals surface area contributed by atoms with Crippen LogP contribution in [0, 0.1) is 0 Å². The van der Waals surface area contributed by atoms with Crippen molar-refractivity contribution in [1.82, 2.24) is 0 Å². The maximum Gasteiger partial charge on any atom is 0.142 e. The predicted molar refractivity (Wildman–Crippen MR) is 85.9 cm³/mol. The number of allylic oxidation sites excluding steroid dienone is 1. The van der Waals surface area contributed by atoms with Crippen LogP contribution in [-0.2, 0) is 0 Å². The average molecular weight is 277 g/mol. The van der Waals surface area contributed by atoms with E-state index in [1.54, 1.807) is 0 Å². The van der Waals surface area contributed by atoms with E-state index in [1.807, 2.05) is 38.1 Å². The van der Waals surface area contributed by atoms with Gasteiger partial charge in [-0.2, -0.15) is 0 Å². The van der Waals surface area contributed by atoms with Gasteiger partial charge in [-0.3, -0.25) is 0 Å². The van der Waals surface area contributed by atoms with Gasteiger partial charge in [0.25, 0.3) is 0 Å². The van der Waals surface area contributed by atoms with Crippen LogP contribution >= 0.6 is 0 Å². The van der Waals surface area contributed by atoms with Crippen molar-refractivity contribution in [1.29, 1.82) is 0 Å². The fourth-order valence-corrected chi connectivity index (χ4v) is 2.00. The van der Waals surface area contributed by atoms with Crippen molar-refractivity contribution in [2.75, 3.05) is 25.1 Å². The zero-order valence-corrected chi connectivity index (χ0v) is 12.8. The van der Waals surface area contributed by atoms with Crippen molar-refractivity contribution < 1.29 is 9.47 Å². The highest BCUT2D eigenvalue weighted by atomic mass is 16.5. The molecule has 3 heteroatoms. The largest absolute Gasteiger partial charge is 0.494 e. The second kappa shape index (κ2) is 10.2. The van der Waals surface area contributed by atoms with Crippen LogP contribution in [-0.4, -0.2) is 19.8 Å². The quantitative estimate of drug-likeness (QED) is 0.472. The number of hydrogen-bond acceptors (Lipinski definition) is 3. The highest BCUT2D eigenvalue weighted by molar-refractivity contribution is 5.59. The Morgan fingerprint density at radius 2 is 1.90 bits per heavy atom. The molecule has 0 spiro atoms. The number of rotatable bonds is 11. The summed E-state index contributed by atoms with van der Waals surface area (Å²) in [7, 11) is 0. The lowest BCUT2D eigenvalue weighted by Crippen LogP contribution is -2.05. The maximum absolute atomic E-state index is 5.63. The first-order valence-corrected chi connectivity index (χ1v) is 7.56. The molecule has 0 atom stereocenters. The lowest BCUT2D eigenvalue weighted by atomic mass is 10.2. The van der Waals surface area contributed by atoms with Crippen molar-refractivity contribution in [2.24, 2.45) is 0 Å². The van der Waals surface area contributed by atoms with Crippen molar-refractivity contribution >= 4 is 5.69 Å². The van der Waals surface area contributed by atoms with E-state index in [0.29, 0.717) is 13.2 Å². The molecule has 20 heavy (non-hydrogen) atoms. The van der Waals surface area contributed by atoms with E-state index >= 15 is 0 Å². The number of nitrogens with one attached hydrogen (secondary N) is 1. The van der Waals surface area contributed by atoms with Crippen LogP contribution < -0.4 is 14.8 Å². The molecule has 1 aromatic rings. The molecular weight excluding hydrogens is 250 g/mol. The van der Waals surface area contributed by atoms with Crippen LogP contribution in [0.1, 0.15) is 39.5 Å². The molecule has 1 aromatic carbocycles. The van der Waals surface area contributed by atoms with Crippen molar-refractivity contribution in [2.45, 2.75) is 39.5 Å². The van der Waals surface area contributed by atoms with Gasteiger partial charge >= 0.3 is 0 Å². The standard InChI is InChI=1S/C17H27NO2/c1-4-7-8-9-10-13-18-16-14-15(19-5-2)11-12-17(16)20-6-3/h4,11-12,14,18H,1,5-10,13H2,2-3H3. The lowest BCUT2D eigenvalue weighted by Gasteiger charge is -2.14. The summed E-state index contributed by atoms with van der Waals surface area (Å²) in [6.45, 7) is 10.0. The van der Waals surface area contributed by atoms with Crippen LogP contribution in [0.25, 0.3) is 0 Å². The van der Waals surface area contributed by atoms with Gasteiger partial charge in [0, 0.05) is 12.6 Å². The molecule has 112 valence electrons. The summed E-state index contributed by atoms with van der Waals surface area (Å²) in [5.74, 6) is 1.77. The molecule has 0 aliphatic heterocycles. The second-order valence-electron chi connectivity index (χ2n) is 4.59. The molecular formula is C17H27NO2. The number of unbranched alkanes of at least 4 members (excludes halogenated alkanes) is 3. The molecule has 1 N–H and O–H groups in total. The van der Waals surface area contributed by atoms with Crippen LogP contribution in [0.2, 0.25) is 0 Å². The zero-order chi connectivity index (χ0) is 14.6. The Bertz CT molecular complexity index is 391. The highest BCUT2D eigenvalue weighted by Crippen LogP contribution is 2.29. The van der Waals surface area contributed by atoms with Crippen LogP contribution in [0.4, 0.5) is 5.69 Å². The Hall–Kier alpha value is -1.64. The summed E-state index contributed by atoms with van der Waals surface area (Å²) in [5.41, 5.74) is 1.02. The Morgan fingerprint density at radius 1 is 1.10 bits per heavy atom. The smallest absolute Gasteiger partial charge is 0.142 e. The number of hydrogen-bond donors (Lipinski definition) is 1. The van der Waals surface area contributed by atoms with E-state index in [1.165, 1.54) is 12.8 Å². The summed E-state index contributed by atoms with van der Waals surface area (Å²) < 4.78 is 11.2. The third-order valence-electron chi connectivity index (χ3n) is 2.96. The van der Waals surface area contributed by atoms with E-state index < -0.39 is 0 Å². The minimum Gasteiger partial charge on any atom is -0.494 e. The van der Waals surface area contributed by atoms with Gasteiger partial charge in [0.15, 0.2) is 0 Å². The van der Waals surface area contributed by atoms with Gasteiger partial charge in [-0.1, -0.05) is 12.5 Å². The van der Waals surface area contributed by atoms with E-state index in [-0.39, 0.29) is 0 Å². The van der Waals surface area contributed by atoms with Gasteiger partial charge in [-0.05, 0) is 45.2 Å². The topological polar surface area (TPSA) is 30.5 Å².